The first-order valence-corrected chi connectivity index (χ1v) is 7.95. The predicted octanol–water partition coefficient (Wildman–Crippen LogP) is 1.59. The van der Waals surface area contributed by atoms with E-state index < -0.39 is 0 Å². The third-order valence-corrected chi connectivity index (χ3v) is 4.19. The average Bonchev–Trinajstić information content (AvgIpc) is 3.09. The van der Waals surface area contributed by atoms with Crippen molar-refractivity contribution >= 4 is 5.91 Å². The van der Waals surface area contributed by atoms with E-state index in [0.717, 1.165) is 38.4 Å². The second-order valence-corrected chi connectivity index (χ2v) is 5.56. The van der Waals surface area contributed by atoms with Crippen molar-refractivity contribution in [3.63, 3.8) is 0 Å². The van der Waals surface area contributed by atoms with Gasteiger partial charge in [-0.2, -0.15) is 0 Å². The molecule has 0 spiro atoms. The molecule has 23 heavy (non-hydrogen) atoms. The molecule has 3 rings (SSSR count). The molecular formula is C16H21N5O2. The Hall–Kier alpha value is -2.28. The van der Waals surface area contributed by atoms with Gasteiger partial charge >= 0.3 is 0 Å². The molecule has 1 N–H and O–H groups in total. The Morgan fingerprint density at radius 3 is 2.87 bits per heavy atom. The predicted molar refractivity (Wildman–Crippen MR) is 83.7 cm³/mol. The summed E-state index contributed by atoms with van der Waals surface area (Å²) in [5, 5.41) is 3.10. The molecule has 1 fully saturated rings. The van der Waals surface area contributed by atoms with Gasteiger partial charge in [-0.05, 0) is 25.7 Å². The smallest absolute Gasteiger partial charge is 0.272 e. The Kier molecular flexibility index (Phi) is 4.97. The van der Waals surface area contributed by atoms with Gasteiger partial charge in [0.25, 0.3) is 5.91 Å². The van der Waals surface area contributed by atoms with Crippen molar-refractivity contribution in [1.29, 1.82) is 0 Å². The number of carbonyl (C=O) groups excluding carboxylic acids is 1. The SMILES string of the molecule is CCn1ccnc1C(NC(=O)c1cnccn1)C1CCOCC1. The molecule has 1 unspecified atom stereocenters. The number of ether oxygens (including phenoxy) is 1. The maximum absolute atomic E-state index is 12.5. The van der Waals surface area contributed by atoms with Gasteiger partial charge in [0, 0.05) is 44.5 Å². The Labute approximate surface area is 135 Å². The maximum Gasteiger partial charge on any atom is 0.272 e. The van der Waals surface area contributed by atoms with Crippen LogP contribution in [0.3, 0.4) is 0 Å². The molecule has 7 heteroatoms. The van der Waals surface area contributed by atoms with Gasteiger partial charge in [-0.3, -0.25) is 9.78 Å². The Balaban J connectivity index is 1.84. The van der Waals surface area contributed by atoms with Crippen LogP contribution in [0.25, 0.3) is 0 Å². The van der Waals surface area contributed by atoms with E-state index in [-0.39, 0.29) is 11.9 Å². The first kappa shape index (κ1) is 15.6. The number of nitrogens with one attached hydrogen (secondary N) is 1. The molecule has 3 heterocycles. The van der Waals surface area contributed by atoms with Gasteiger partial charge in [-0.25, -0.2) is 9.97 Å². The highest BCUT2D eigenvalue weighted by atomic mass is 16.5. The second kappa shape index (κ2) is 7.32. The number of imidazole rings is 1. The van der Waals surface area contributed by atoms with E-state index in [1.807, 2.05) is 6.20 Å². The van der Waals surface area contributed by atoms with E-state index in [0.29, 0.717) is 11.6 Å². The van der Waals surface area contributed by atoms with Gasteiger partial charge in [-0.15, -0.1) is 0 Å². The minimum Gasteiger partial charge on any atom is -0.381 e. The Bertz CT molecular complexity index is 637. The van der Waals surface area contributed by atoms with E-state index in [9.17, 15) is 4.79 Å². The van der Waals surface area contributed by atoms with Crippen LogP contribution in [0.15, 0.2) is 31.0 Å². The van der Waals surface area contributed by atoms with Crippen molar-refractivity contribution in [2.75, 3.05) is 13.2 Å². The fourth-order valence-corrected chi connectivity index (χ4v) is 2.94. The van der Waals surface area contributed by atoms with Crippen molar-refractivity contribution < 1.29 is 9.53 Å². The maximum atomic E-state index is 12.5. The number of nitrogens with zero attached hydrogens (tertiary/aromatic N) is 4. The minimum absolute atomic E-state index is 0.150. The van der Waals surface area contributed by atoms with E-state index >= 15 is 0 Å². The fraction of sp³-hybridized carbons (Fsp3) is 0.500. The minimum atomic E-state index is -0.222. The molecule has 0 aliphatic carbocycles. The van der Waals surface area contributed by atoms with Crippen molar-refractivity contribution in [2.24, 2.45) is 5.92 Å². The van der Waals surface area contributed by atoms with Crippen LogP contribution in [0.2, 0.25) is 0 Å². The van der Waals surface area contributed by atoms with Gasteiger partial charge in [0.2, 0.25) is 0 Å². The highest BCUT2D eigenvalue weighted by Gasteiger charge is 2.30. The molecule has 2 aromatic heterocycles. The quantitative estimate of drug-likeness (QED) is 0.906. The van der Waals surface area contributed by atoms with Crippen LogP contribution in [0.5, 0.6) is 0 Å². The lowest BCUT2D eigenvalue weighted by Gasteiger charge is -2.30. The number of carbonyl (C=O) groups is 1. The molecule has 1 aliphatic rings. The van der Waals surface area contributed by atoms with E-state index in [1.165, 1.54) is 12.4 Å². The van der Waals surface area contributed by atoms with Crippen LogP contribution in [0.4, 0.5) is 0 Å². The summed E-state index contributed by atoms with van der Waals surface area (Å²) in [6.45, 7) is 4.32. The summed E-state index contributed by atoms with van der Waals surface area (Å²) in [5.74, 6) is 0.967. The lowest BCUT2D eigenvalue weighted by Crippen LogP contribution is -2.38. The summed E-state index contributed by atoms with van der Waals surface area (Å²) in [5.41, 5.74) is 0.319. The summed E-state index contributed by atoms with van der Waals surface area (Å²) in [6, 6.07) is -0.150. The monoisotopic (exact) mass is 315 g/mol. The zero-order chi connectivity index (χ0) is 16.1. The number of hydrogen-bond donors (Lipinski definition) is 1. The highest BCUT2D eigenvalue weighted by molar-refractivity contribution is 5.92. The molecular weight excluding hydrogens is 294 g/mol. The lowest BCUT2D eigenvalue weighted by atomic mass is 9.91. The van der Waals surface area contributed by atoms with Gasteiger partial charge in [-0.1, -0.05) is 0 Å². The van der Waals surface area contributed by atoms with E-state index in [2.05, 4.69) is 31.8 Å². The fourth-order valence-electron chi connectivity index (χ4n) is 2.94. The first-order valence-electron chi connectivity index (χ1n) is 7.95. The molecule has 0 aromatic carbocycles. The van der Waals surface area contributed by atoms with Crippen molar-refractivity contribution in [3.05, 3.63) is 42.5 Å². The second-order valence-electron chi connectivity index (χ2n) is 5.56. The number of hydrogen-bond acceptors (Lipinski definition) is 5. The van der Waals surface area contributed by atoms with Gasteiger partial charge in [0.15, 0.2) is 0 Å². The Morgan fingerprint density at radius 1 is 1.35 bits per heavy atom. The zero-order valence-electron chi connectivity index (χ0n) is 13.2. The number of aromatic nitrogens is 4. The largest absolute Gasteiger partial charge is 0.381 e. The van der Waals surface area contributed by atoms with Crippen LogP contribution >= 0.6 is 0 Å². The first-order chi connectivity index (χ1) is 11.3. The Morgan fingerprint density at radius 2 is 2.17 bits per heavy atom. The molecule has 0 saturated carbocycles. The third-order valence-electron chi connectivity index (χ3n) is 4.19. The van der Waals surface area contributed by atoms with Crippen molar-refractivity contribution in [1.82, 2.24) is 24.8 Å². The molecule has 1 atom stereocenters. The molecule has 122 valence electrons. The number of amides is 1. The zero-order valence-corrected chi connectivity index (χ0v) is 13.2. The molecule has 1 saturated heterocycles. The third kappa shape index (κ3) is 3.56. The van der Waals surface area contributed by atoms with Crippen LogP contribution in [0, 0.1) is 5.92 Å². The standard InChI is InChI=1S/C16H21N5O2/c1-2-21-8-7-19-15(21)14(12-3-9-23-10-4-12)20-16(22)13-11-17-5-6-18-13/h5-8,11-12,14H,2-4,9-10H2,1H3,(H,20,22). The molecule has 2 aromatic rings. The number of aryl methyl sites for hydroxylation is 1. The summed E-state index contributed by atoms with van der Waals surface area (Å²) in [7, 11) is 0. The van der Waals surface area contributed by atoms with Gasteiger partial charge in [0.1, 0.15) is 11.5 Å². The summed E-state index contributed by atoms with van der Waals surface area (Å²) in [4.78, 5) is 25.0. The molecule has 0 bridgehead atoms. The lowest BCUT2D eigenvalue weighted by molar-refractivity contribution is 0.0497. The van der Waals surface area contributed by atoms with E-state index in [4.69, 9.17) is 4.74 Å². The summed E-state index contributed by atoms with van der Waals surface area (Å²) in [6.07, 6.45) is 10.1. The van der Waals surface area contributed by atoms with Crippen LogP contribution < -0.4 is 5.32 Å². The molecule has 7 nitrogen and oxygen atoms in total. The summed E-state index contributed by atoms with van der Waals surface area (Å²) < 4.78 is 7.52. The summed E-state index contributed by atoms with van der Waals surface area (Å²) >= 11 is 0. The van der Waals surface area contributed by atoms with Crippen molar-refractivity contribution in [2.45, 2.75) is 32.4 Å². The van der Waals surface area contributed by atoms with E-state index in [1.54, 1.807) is 12.4 Å². The normalized spacial score (nSPS) is 16.9. The number of rotatable bonds is 5. The highest BCUT2D eigenvalue weighted by Crippen LogP contribution is 2.29. The van der Waals surface area contributed by atoms with Crippen LogP contribution in [0.1, 0.15) is 42.1 Å². The van der Waals surface area contributed by atoms with Crippen molar-refractivity contribution in [3.8, 4) is 0 Å². The van der Waals surface area contributed by atoms with Gasteiger partial charge < -0.3 is 14.6 Å². The average molecular weight is 315 g/mol. The molecule has 1 amide bonds. The molecule has 0 radical (unpaired) electrons. The van der Waals surface area contributed by atoms with Gasteiger partial charge in [0.05, 0.1) is 12.2 Å². The molecule has 1 aliphatic heterocycles. The topological polar surface area (TPSA) is 81.9 Å². The van der Waals surface area contributed by atoms with Crippen LogP contribution in [-0.2, 0) is 11.3 Å². The van der Waals surface area contributed by atoms with Crippen LogP contribution in [-0.4, -0.2) is 38.6 Å².